The van der Waals surface area contributed by atoms with Gasteiger partial charge in [-0.25, -0.2) is 4.39 Å². The summed E-state index contributed by atoms with van der Waals surface area (Å²) in [5.74, 6) is 7.00. The first-order valence-corrected chi connectivity index (χ1v) is 14.8. The fourth-order valence-corrected chi connectivity index (χ4v) is 9.15. The van der Waals surface area contributed by atoms with Gasteiger partial charge in [0.2, 0.25) is 0 Å². The Kier molecular flexibility index (Phi) is 5.83. The van der Waals surface area contributed by atoms with Crippen LogP contribution in [0.25, 0.3) is 0 Å². The Morgan fingerprint density at radius 2 is 1.97 bits per heavy atom. The molecule has 184 valence electrons. The molecule has 0 aromatic carbocycles. The monoisotopic (exact) mass is 478 g/mol. The number of hydrogen-bond acceptors (Lipinski definition) is 4. The molecule has 0 saturated heterocycles. The number of carbonyl (C=O) groups excluding carboxylic acids is 1. The molecular formula is C26H39FN2O3S. The average molecular weight is 479 g/mol. The fraction of sp³-hybridized carbons (Fsp3) is 0.808. The number of alkyl halides is 1. The molecule has 4 fully saturated rings. The van der Waals surface area contributed by atoms with Gasteiger partial charge < -0.3 is 5.11 Å². The summed E-state index contributed by atoms with van der Waals surface area (Å²) in [6, 6.07) is 0. The third-order valence-corrected chi connectivity index (χ3v) is 11.4. The lowest BCUT2D eigenvalue weighted by Crippen LogP contribution is -2.52. The molecule has 33 heavy (non-hydrogen) atoms. The lowest BCUT2D eigenvalue weighted by molar-refractivity contribution is -0.134. The number of fused-ring (bicyclic) bond motifs is 5. The number of ketones is 1. The summed E-state index contributed by atoms with van der Waals surface area (Å²) in [5, 5.41) is 14.8. The smallest absolute Gasteiger partial charge is 0.157 e. The highest BCUT2D eigenvalue weighted by atomic mass is 32.2. The molecule has 5 nitrogen and oxygen atoms in total. The zero-order chi connectivity index (χ0) is 23.6. The summed E-state index contributed by atoms with van der Waals surface area (Å²) < 4.78 is 27.2. The van der Waals surface area contributed by atoms with Crippen LogP contribution in [-0.2, 0) is 20.9 Å². The van der Waals surface area contributed by atoms with Gasteiger partial charge in [-0.3, -0.25) is 13.7 Å². The Balaban J connectivity index is 1.29. The Bertz CT molecular complexity index is 1020. The van der Waals surface area contributed by atoms with E-state index in [1.165, 1.54) is 0 Å². The van der Waals surface area contributed by atoms with Crippen LogP contribution >= 0.6 is 0 Å². The van der Waals surface area contributed by atoms with Crippen molar-refractivity contribution >= 4 is 21.2 Å². The molecule has 9 atom stereocenters. The minimum absolute atomic E-state index is 0.0417. The molecule has 0 spiro atoms. The summed E-state index contributed by atoms with van der Waals surface area (Å²) >= 11 is 0. The first-order chi connectivity index (χ1) is 15.5. The van der Waals surface area contributed by atoms with Gasteiger partial charge in [0.1, 0.15) is 6.67 Å². The van der Waals surface area contributed by atoms with E-state index in [9.17, 15) is 18.5 Å². The predicted molar refractivity (Wildman–Crippen MR) is 128 cm³/mol. The number of hydrogen-bond donors (Lipinski definition) is 1. The van der Waals surface area contributed by atoms with E-state index < -0.39 is 21.8 Å². The molecule has 0 amide bonds. The lowest BCUT2D eigenvalue weighted by atomic mass is 9.49. The van der Waals surface area contributed by atoms with Gasteiger partial charge >= 0.3 is 0 Å². The number of halogens is 1. The first-order valence-electron chi connectivity index (χ1n) is 12.7. The minimum atomic E-state index is -2.33. The maximum absolute atomic E-state index is 13.4. The van der Waals surface area contributed by atoms with Gasteiger partial charge in [-0.1, -0.05) is 6.92 Å². The Morgan fingerprint density at radius 1 is 1.21 bits per heavy atom. The van der Waals surface area contributed by atoms with E-state index >= 15 is 0 Å². The molecule has 0 bridgehead atoms. The zero-order valence-electron chi connectivity index (χ0n) is 20.0. The summed E-state index contributed by atoms with van der Waals surface area (Å²) in [6.45, 7) is 1.97. The van der Waals surface area contributed by atoms with Crippen LogP contribution in [0.2, 0.25) is 0 Å². The third kappa shape index (κ3) is 4.01. The molecule has 1 aromatic rings. The maximum Gasteiger partial charge on any atom is 0.157 e. The van der Waals surface area contributed by atoms with Crippen molar-refractivity contribution in [2.75, 3.05) is 12.9 Å². The first kappa shape index (κ1) is 23.5. The standard InChI is InChI=1S/C26H39FN2O3S/c1-25-10-8-20-19-9-11-26(31,16-27)12-17(19)4-5-21(20)22(25)6-7-23(25)24(30)15-29-14-18(13-28-29)33(2,3)32/h13-14,17,19-23,31H,2,4-12,15-16H2,1,3H3/t17-,19+,20-,21-,22+,23-,25+,26-,33?/m1/s1. The van der Waals surface area contributed by atoms with Crippen molar-refractivity contribution in [1.29, 1.82) is 0 Å². The normalized spacial score (nSPS) is 44.4. The highest BCUT2D eigenvalue weighted by Gasteiger charge is 2.59. The molecule has 4 aliphatic carbocycles. The number of nitrogens with zero attached hydrogens (tertiary/aromatic N) is 2. The molecule has 1 unspecified atom stereocenters. The molecular weight excluding hydrogens is 439 g/mol. The van der Waals surface area contributed by atoms with Crippen molar-refractivity contribution in [3.05, 3.63) is 12.4 Å². The molecule has 4 saturated carbocycles. The van der Waals surface area contributed by atoms with Crippen molar-refractivity contribution in [3.8, 4) is 0 Å². The summed E-state index contributed by atoms with van der Waals surface area (Å²) in [4.78, 5) is 14.0. The number of Topliss-reactive ketones (excluding diaryl/α,β-unsaturated/α-hetero) is 1. The second kappa shape index (κ2) is 8.18. The zero-order valence-corrected chi connectivity index (χ0v) is 20.9. The van der Waals surface area contributed by atoms with Crippen LogP contribution in [-0.4, -0.2) is 49.3 Å². The molecule has 5 rings (SSSR count). The van der Waals surface area contributed by atoms with E-state index in [1.54, 1.807) is 23.3 Å². The van der Waals surface area contributed by atoms with Crippen LogP contribution in [0, 0.1) is 40.9 Å². The molecule has 1 aromatic heterocycles. The van der Waals surface area contributed by atoms with Crippen molar-refractivity contribution in [2.24, 2.45) is 40.9 Å². The number of aliphatic hydroxyl groups is 1. The lowest BCUT2D eigenvalue weighted by Gasteiger charge is -2.56. The van der Waals surface area contributed by atoms with Crippen molar-refractivity contribution < 1.29 is 18.5 Å². The predicted octanol–water partition coefficient (Wildman–Crippen LogP) is 4.13. The minimum Gasteiger partial charge on any atom is -0.387 e. The van der Waals surface area contributed by atoms with Gasteiger partial charge in [0, 0.05) is 18.4 Å². The second-order valence-electron chi connectivity index (χ2n) is 12.1. The van der Waals surface area contributed by atoms with E-state index in [0.717, 1.165) is 44.9 Å². The van der Waals surface area contributed by atoms with E-state index in [2.05, 4.69) is 17.9 Å². The SMILES string of the molecule is C=S(C)(=O)c1cnn(CC(=O)[C@H]2CC[C@H]3[C@@H]4CC[C@@H]5C[C@@](O)(CF)CC[C@@H]5[C@H]4CC[C@]23C)c1. The van der Waals surface area contributed by atoms with Crippen LogP contribution in [0.1, 0.15) is 64.7 Å². The molecule has 1 N–H and O–H groups in total. The average Bonchev–Trinajstić information content (AvgIpc) is 3.37. The Labute approximate surface area is 197 Å². The van der Waals surface area contributed by atoms with Gasteiger partial charge in [0.05, 0.1) is 23.2 Å². The molecule has 1 heterocycles. The number of aromatic nitrogens is 2. The summed E-state index contributed by atoms with van der Waals surface area (Å²) in [7, 11) is -2.33. The molecule has 0 radical (unpaired) electrons. The van der Waals surface area contributed by atoms with E-state index in [-0.39, 0.29) is 23.7 Å². The Morgan fingerprint density at radius 3 is 2.67 bits per heavy atom. The topological polar surface area (TPSA) is 72.2 Å². The molecule has 7 heteroatoms. The van der Waals surface area contributed by atoms with Gasteiger partial charge in [0.15, 0.2) is 5.78 Å². The number of rotatable bonds is 5. The van der Waals surface area contributed by atoms with Crippen LogP contribution in [0.4, 0.5) is 4.39 Å². The Hall–Kier alpha value is -1.21. The maximum atomic E-state index is 13.4. The number of carbonyl (C=O) groups is 1. The van der Waals surface area contributed by atoms with Gasteiger partial charge in [0.25, 0.3) is 0 Å². The largest absolute Gasteiger partial charge is 0.387 e. The van der Waals surface area contributed by atoms with Crippen LogP contribution < -0.4 is 0 Å². The van der Waals surface area contributed by atoms with E-state index in [4.69, 9.17) is 0 Å². The fourth-order valence-electron chi connectivity index (χ4n) is 8.54. The third-order valence-electron chi connectivity index (χ3n) is 10.2. The van der Waals surface area contributed by atoms with Gasteiger partial charge in [-0.15, -0.1) is 0 Å². The van der Waals surface area contributed by atoms with Crippen LogP contribution in [0.5, 0.6) is 0 Å². The van der Waals surface area contributed by atoms with E-state index in [0.29, 0.717) is 47.3 Å². The van der Waals surface area contributed by atoms with Crippen molar-refractivity contribution in [3.63, 3.8) is 0 Å². The van der Waals surface area contributed by atoms with Gasteiger partial charge in [-0.05, 0) is 108 Å². The van der Waals surface area contributed by atoms with E-state index in [1.807, 2.05) is 0 Å². The van der Waals surface area contributed by atoms with Gasteiger partial charge in [-0.2, -0.15) is 5.10 Å². The highest BCUT2D eigenvalue weighted by Crippen LogP contribution is 2.64. The quantitative estimate of drug-likeness (QED) is 0.646. The second-order valence-corrected chi connectivity index (χ2v) is 14.5. The molecule has 0 aliphatic heterocycles. The highest BCUT2D eigenvalue weighted by molar-refractivity contribution is 7.99. The van der Waals surface area contributed by atoms with Crippen LogP contribution in [0.15, 0.2) is 17.3 Å². The summed E-state index contributed by atoms with van der Waals surface area (Å²) in [6.07, 6.45) is 13.6. The van der Waals surface area contributed by atoms with Crippen LogP contribution in [0.3, 0.4) is 0 Å². The van der Waals surface area contributed by atoms with Crippen molar-refractivity contribution in [1.82, 2.24) is 9.78 Å². The molecule has 4 aliphatic rings. The summed E-state index contributed by atoms with van der Waals surface area (Å²) in [5.41, 5.74) is -1.05. The van der Waals surface area contributed by atoms with Crippen molar-refractivity contribution in [2.45, 2.75) is 81.8 Å².